The molecule has 0 spiro atoms. The normalized spacial score (nSPS) is 11.2. The Balaban J connectivity index is 1.82. The molecule has 0 fully saturated rings. The molecule has 0 heterocycles. The van der Waals surface area contributed by atoms with Gasteiger partial charge in [0.05, 0.1) is 5.56 Å². The lowest BCUT2D eigenvalue weighted by Crippen LogP contribution is -2.25. The van der Waals surface area contributed by atoms with Crippen LogP contribution >= 0.6 is 0 Å². The second-order valence-corrected chi connectivity index (χ2v) is 6.00. The fourth-order valence-electron chi connectivity index (χ4n) is 2.39. The fraction of sp³-hybridized carbons (Fsp3) is 0.316. The van der Waals surface area contributed by atoms with Crippen LogP contribution in [0, 0.1) is 0 Å². The maximum Gasteiger partial charge on any atom is 0.416 e. The Kier molecular flexibility index (Phi) is 6.07. The third-order valence-electron chi connectivity index (χ3n) is 3.83. The molecule has 2 aromatic carbocycles. The molecule has 0 radical (unpaired) electrons. The van der Waals surface area contributed by atoms with Crippen LogP contribution in [0.2, 0.25) is 0 Å². The zero-order valence-corrected chi connectivity index (χ0v) is 14.2. The number of nitrogens with one attached hydrogen (secondary N) is 1. The first-order valence-corrected chi connectivity index (χ1v) is 7.99. The topological polar surface area (TPSA) is 32.3 Å². The van der Waals surface area contributed by atoms with Crippen LogP contribution in [0.5, 0.6) is 0 Å². The minimum Gasteiger partial charge on any atom is -0.378 e. The quantitative estimate of drug-likeness (QED) is 0.795. The Hall–Kier alpha value is -2.50. The summed E-state index contributed by atoms with van der Waals surface area (Å²) in [6, 6.07) is 12.6. The molecular formula is C19H21F3N2O. The van der Waals surface area contributed by atoms with E-state index in [1.807, 2.05) is 43.3 Å². The molecule has 134 valence electrons. The molecule has 0 saturated carbocycles. The second-order valence-electron chi connectivity index (χ2n) is 6.00. The number of carbonyl (C=O) groups is 1. The van der Waals surface area contributed by atoms with Gasteiger partial charge in [0.2, 0.25) is 0 Å². The largest absolute Gasteiger partial charge is 0.416 e. The van der Waals surface area contributed by atoms with E-state index in [-0.39, 0.29) is 5.56 Å². The standard InChI is InChI=1S/C19H21F3N2O/c1-24(2)17-10-8-14(9-11-17)5-4-12-23-18(25)15-6-3-7-16(13-15)19(20,21)22/h3,6-11,13H,4-5,12H2,1-2H3,(H,23,25). The second kappa shape index (κ2) is 8.05. The van der Waals surface area contributed by atoms with Crippen molar-refractivity contribution in [3.63, 3.8) is 0 Å². The minimum absolute atomic E-state index is 0.0187. The maximum atomic E-state index is 12.7. The molecule has 6 heteroatoms. The first kappa shape index (κ1) is 18.8. The van der Waals surface area contributed by atoms with Crippen molar-refractivity contribution >= 4 is 11.6 Å². The lowest BCUT2D eigenvalue weighted by atomic mass is 10.1. The average Bonchev–Trinajstić information content (AvgIpc) is 2.58. The van der Waals surface area contributed by atoms with Crippen LogP contribution in [-0.4, -0.2) is 26.5 Å². The van der Waals surface area contributed by atoms with Crippen LogP contribution in [-0.2, 0) is 12.6 Å². The summed E-state index contributed by atoms with van der Waals surface area (Å²) in [5, 5.41) is 2.66. The Morgan fingerprint density at radius 3 is 2.36 bits per heavy atom. The summed E-state index contributed by atoms with van der Waals surface area (Å²) >= 11 is 0. The smallest absolute Gasteiger partial charge is 0.378 e. The molecule has 0 aliphatic heterocycles. The summed E-state index contributed by atoms with van der Waals surface area (Å²) < 4.78 is 38.0. The van der Waals surface area contributed by atoms with E-state index in [4.69, 9.17) is 0 Å². The molecule has 0 atom stereocenters. The van der Waals surface area contributed by atoms with Gasteiger partial charge in [-0.2, -0.15) is 13.2 Å². The molecule has 0 aliphatic carbocycles. The van der Waals surface area contributed by atoms with Crippen LogP contribution < -0.4 is 10.2 Å². The van der Waals surface area contributed by atoms with Gasteiger partial charge >= 0.3 is 6.18 Å². The van der Waals surface area contributed by atoms with Crippen LogP contribution in [0.4, 0.5) is 18.9 Å². The van der Waals surface area contributed by atoms with E-state index in [1.165, 1.54) is 12.1 Å². The van der Waals surface area contributed by atoms with E-state index in [0.29, 0.717) is 13.0 Å². The Labute approximate surface area is 145 Å². The van der Waals surface area contributed by atoms with Crippen LogP contribution in [0.25, 0.3) is 0 Å². The summed E-state index contributed by atoms with van der Waals surface area (Å²) in [6.07, 6.45) is -2.95. The lowest BCUT2D eigenvalue weighted by molar-refractivity contribution is -0.137. The molecule has 0 aliphatic rings. The Morgan fingerprint density at radius 1 is 1.08 bits per heavy atom. The van der Waals surface area contributed by atoms with Crippen molar-refractivity contribution < 1.29 is 18.0 Å². The van der Waals surface area contributed by atoms with Gasteiger partial charge in [-0.15, -0.1) is 0 Å². The van der Waals surface area contributed by atoms with Gasteiger partial charge in [-0.25, -0.2) is 0 Å². The van der Waals surface area contributed by atoms with E-state index in [9.17, 15) is 18.0 Å². The number of rotatable bonds is 6. The molecule has 0 aromatic heterocycles. The van der Waals surface area contributed by atoms with Crippen molar-refractivity contribution in [2.24, 2.45) is 0 Å². The molecule has 1 N–H and O–H groups in total. The maximum absolute atomic E-state index is 12.7. The molecule has 2 rings (SSSR count). The summed E-state index contributed by atoms with van der Waals surface area (Å²) in [6.45, 7) is 0.407. The van der Waals surface area contributed by atoms with Crippen molar-refractivity contribution in [1.82, 2.24) is 5.32 Å². The number of carbonyl (C=O) groups excluding carboxylic acids is 1. The van der Waals surface area contributed by atoms with Gasteiger partial charge < -0.3 is 10.2 Å². The minimum atomic E-state index is -4.45. The molecule has 0 saturated heterocycles. The monoisotopic (exact) mass is 350 g/mol. The summed E-state index contributed by atoms with van der Waals surface area (Å²) in [4.78, 5) is 14.0. The number of aryl methyl sites for hydroxylation is 1. The zero-order valence-electron chi connectivity index (χ0n) is 14.2. The van der Waals surface area contributed by atoms with E-state index in [2.05, 4.69) is 5.32 Å². The van der Waals surface area contributed by atoms with E-state index < -0.39 is 17.6 Å². The van der Waals surface area contributed by atoms with Crippen molar-refractivity contribution in [2.45, 2.75) is 19.0 Å². The Bertz CT molecular complexity index is 709. The highest BCUT2D eigenvalue weighted by molar-refractivity contribution is 5.94. The van der Waals surface area contributed by atoms with Gasteiger partial charge in [-0.3, -0.25) is 4.79 Å². The van der Waals surface area contributed by atoms with Crippen molar-refractivity contribution in [3.05, 3.63) is 65.2 Å². The predicted molar refractivity (Wildman–Crippen MR) is 92.9 cm³/mol. The number of hydrogen-bond donors (Lipinski definition) is 1. The van der Waals surface area contributed by atoms with E-state index in [0.717, 1.165) is 29.8 Å². The lowest BCUT2D eigenvalue weighted by Gasteiger charge is -2.12. The first-order valence-electron chi connectivity index (χ1n) is 7.99. The van der Waals surface area contributed by atoms with Crippen LogP contribution in [0.3, 0.4) is 0 Å². The van der Waals surface area contributed by atoms with Gasteiger partial charge in [0.15, 0.2) is 0 Å². The highest BCUT2D eigenvalue weighted by Crippen LogP contribution is 2.29. The molecule has 1 amide bonds. The number of halogens is 3. The van der Waals surface area contributed by atoms with Gasteiger partial charge in [-0.1, -0.05) is 18.2 Å². The molecule has 3 nitrogen and oxygen atoms in total. The molecule has 25 heavy (non-hydrogen) atoms. The number of alkyl halides is 3. The van der Waals surface area contributed by atoms with Gasteiger partial charge in [0, 0.05) is 31.9 Å². The first-order chi connectivity index (χ1) is 11.8. The number of anilines is 1. The molecule has 0 bridgehead atoms. The molecular weight excluding hydrogens is 329 g/mol. The third-order valence-corrected chi connectivity index (χ3v) is 3.83. The van der Waals surface area contributed by atoms with E-state index >= 15 is 0 Å². The number of hydrogen-bond acceptors (Lipinski definition) is 2. The summed E-state index contributed by atoms with van der Waals surface area (Å²) in [5.74, 6) is -0.492. The highest BCUT2D eigenvalue weighted by Gasteiger charge is 2.30. The van der Waals surface area contributed by atoms with E-state index in [1.54, 1.807) is 0 Å². The number of nitrogens with zero attached hydrogens (tertiary/aromatic N) is 1. The number of amides is 1. The van der Waals surface area contributed by atoms with Crippen molar-refractivity contribution in [2.75, 3.05) is 25.5 Å². The SMILES string of the molecule is CN(C)c1ccc(CCCNC(=O)c2cccc(C(F)(F)F)c2)cc1. The Morgan fingerprint density at radius 2 is 1.76 bits per heavy atom. The zero-order chi connectivity index (χ0) is 18.4. The van der Waals surface area contributed by atoms with Crippen LogP contribution in [0.15, 0.2) is 48.5 Å². The highest BCUT2D eigenvalue weighted by atomic mass is 19.4. The van der Waals surface area contributed by atoms with Crippen molar-refractivity contribution in [1.29, 1.82) is 0 Å². The average molecular weight is 350 g/mol. The predicted octanol–water partition coefficient (Wildman–Crippen LogP) is 4.13. The number of benzene rings is 2. The van der Waals surface area contributed by atoms with Gasteiger partial charge in [0.25, 0.3) is 5.91 Å². The van der Waals surface area contributed by atoms with Gasteiger partial charge in [-0.05, 0) is 48.7 Å². The van der Waals surface area contributed by atoms with Gasteiger partial charge in [0.1, 0.15) is 0 Å². The van der Waals surface area contributed by atoms with Crippen molar-refractivity contribution in [3.8, 4) is 0 Å². The van der Waals surface area contributed by atoms with Crippen LogP contribution in [0.1, 0.15) is 27.9 Å². The fourth-order valence-corrected chi connectivity index (χ4v) is 2.39. The summed E-state index contributed by atoms with van der Waals surface area (Å²) in [7, 11) is 3.94. The third kappa shape index (κ3) is 5.52. The summed E-state index contributed by atoms with van der Waals surface area (Å²) in [5.41, 5.74) is 1.46. The molecule has 0 unspecified atom stereocenters. The molecule has 2 aromatic rings.